The molecule has 2 N–H and O–H groups in total. The molecule has 0 saturated heterocycles. The lowest BCUT2D eigenvalue weighted by molar-refractivity contribution is -0.115. The molecule has 0 aliphatic carbocycles. The summed E-state index contributed by atoms with van der Waals surface area (Å²) in [5.74, 6) is 0.624. The van der Waals surface area contributed by atoms with Gasteiger partial charge in [-0.2, -0.15) is 0 Å². The molecule has 6 heteroatoms. The van der Waals surface area contributed by atoms with Gasteiger partial charge in [-0.3, -0.25) is 4.79 Å². The molecule has 0 aliphatic rings. The lowest BCUT2D eigenvalue weighted by atomic mass is 10.3. The number of ether oxygens (including phenoxy) is 1. The van der Waals surface area contributed by atoms with Gasteiger partial charge in [0.25, 0.3) is 0 Å². The minimum absolute atomic E-state index is 0.0924. The first-order valence-corrected chi connectivity index (χ1v) is 7.11. The molecule has 1 heterocycles. The highest BCUT2D eigenvalue weighted by molar-refractivity contribution is 7.09. The second-order valence-electron chi connectivity index (χ2n) is 4.24. The van der Waals surface area contributed by atoms with Crippen LogP contribution < -0.4 is 15.4 Å². The van der Waals surface area contributed by atoms with Crippen LogP contribution in [-0.4, -0.2) is 24.5 Å². The van der Waals surface area contributed by atoms with E-state index in [0.29, 0.717) is 12.3 Å². The summed E-state index contributed by atoms with van der Waals surface area (Å²) in [7, 11) is 1.60. The number of methoxy groups -OCH3 is 1. The van der Waals surface area contributed by atoms with Gasteiger partial charge in [-0.25, -0.2) is 4.98 Å². The van der Waals surface area contributed by atoms with E-state index in [9.17, 15) is 4.79 Å². The van der Waals surface area contributed by atoms with E-state index in [1.165, 1.54) is 0 Å². The summed E-state index contributed by atoms with van der Waals surface area (Å²) in [5.41, 5.74) is 1.68. The van der Waals surface area contributed by atoms with E-state index in [4.69, 9.17) is 4.74 Å². The number of aromatic nitrogens is 1. The number of hydrogen-bond acceptors (Lipinski definition) is 5. The van der Waals surface area contributed by atoms with Crippen molar-refractivity contribution >= 4 is 22.9 Å². The molecule has 0 radical (unpaired) electrons. The van der Waals surface area contributed by atoms with Crippen LogP contribution in [0.5, 0.6) is 5.75 Å². The van der Waals surface area contributed by atoms with Crippen LogP contribution in [0.4, 0.5) is 5.69 Å². The van der Waals surface area contributed by atoms with Crippen LogP contribution in [0, 0.1) is 6.92 Å². The van der Waals surface area contributed by atoms with Gasteiger partial charge in [0.2, 0.25) is 5.91 Å². The van der Waals surface area contributed by atoms with E-state index in [2.05, 4.69) is 15.6 Å². The molecular formula is C14H17N3O2S. The van der Waals surface area contributed by atoms with Crippen molar-refractivity contribution in [2.45, 2.75) is 13.5 Å². The summed E-state index contributed by atoms with van der Waals surface area (Å²) in [5, 5.41) is 8.89. The Balaban J connectivity index is 1.77. The molecule has 0 fully saturated rings. The summed E-state index contributed by atoms with van der Waals surface area (Å²) >= 11 is 1.60. The predicted octanol–water partition coefficient (Wildman–Crippen LogP) is 2.19. The lowest BCUT2D eigenvalue weighted by Gasteiger charge is -2.07. The highest BCUT2D eigenvalue weighted by atomic mass is 32.1. The fraction of sp³-hybridized carbons (Fsp3) is 0.286. The standard InChI is InChI=1S/C14H17N3O2S/c1-10-16-12(9-20-10)7-15-8-14(18)17-11-4-3-5-13(6-11)19-2/h3-6,9,15H,7-8H2,1-2H3,(H,17,18). The van der Waals surface area contributed by atoms with E-state index < -0.39 is 0 Å². The van der Waals surface area contributed by atoms with Crippen molar-refractivity contribution < 1.29 is 9.53 Å². The first-order chi connectivity index (χ1) is 9.67. The number of benzene rings is 1. The number of aryl methyl sites for hydroxylation is 1. The molecule has 20 heavy (non-hydrogen) atoms. The third-order valence-corrected chi connectivity index (χ3v) is 3.43. The molecule has 1 aromatic heterocycles. The van der Waals surface area contributed by atoms with Crippen molar-refractivity contribution in [2.75, 3.05) is 19.0 Å². The molecular weight excluding hydrogens is 274 g/mol. The molecule has 2 rings (SSSR count). The molecule has 2 aromatic rings. The van der Waals surface area contributed by atoms with Gasteiger partial charge >= 0.3 is 0 Å². The van der Waals surface area contributed by atoms with Gasteiger partial charge in [0, 0.05) is 23.7 Å². The van der Waals surface area contributed by atoms with Crippen LogP contribution in [-0.2, 0) is 11.3 Å². The summed E-state index contributed by atoms with van der Waals surface area (Å²) in [6.45, 7) is 2.80. The first kappa shape index (κ1) is 14.5. The zero-order valence-corrected chi connectivity index (χ0v) is 12.3. The average Bonchev–Trinajstić information content (AvgIpc) is 2.84. The molecule has 0 saturated carbocycles. The topological polar surface area (TPSA) is 63.2 Å². The maximum atomic E-state index is 11.8. The molecule has 0 atom stereocenters. The first-order valence-electron chi connectivity index (χ1n) is 6.23. The van der Waals surface area contributed by atoms with Crippen LogP contribution >= 0.6 is 11.3 Å². The summed E-state index contributed by atoms with van der Waals surface area (Å²) in [6, 6.07) is 7.27. The van der Waals surface area contributed by atoms with E-state index in [1.807, 2.05) is 30.5 Å². The van der Waals surface area contributed by atoms with Crippen LogP contribution in [0.1, 0.15) is 10.7 Å². The number of thiazole rings is 1. The fourth-order valence-corrected chi connectivity index (χ4v) is 2.31. The molecule has 0 spiro atoms. The van der Waals surface area contributed by atoms with Crippen LogP contribution in [0.2, 0.25) is 0 Å². The molecule has 0 aliphatic heterocycles. The van der Waals surface area contributed by atoms with Gasteiger partial charge in [0.05, 0.1) is 24.4 Å². The zero-order valence-electron chi connectivity index (χ0n) is 11.5. The van der Waals surface area contributed by atoms with Crippen molar-refractivity contribution in [3.8, 4) is 5.75 Å². The van der Waals surface area contributed by atoms with Gasteiger partial charge in [0.15, 0.2) is 0 Å². The predicted molar refractivity (Wildman–Crippen MR) is 80.2 cm³/mol. The molecule has 5 nitrogen and oxygen atoms in total. The number of carbonyl (C=O) groups is 1. The fourth-order valence-electron chi connectivity index (χ4n) is 1.70. The highest BCUT2D eigenvalue weighted by Gasteiger charge is 2.04. The Labute approximate surface area is 122 Å². The van der Waals surface area contributed by atoms with Crippen LogP contribution in [0.3, 0.4) is 0 Å². The Morgan fingerprint density at radius 2 is 2.30 bits per heavy atom. The van der Waals surface area contributed by atoms with Crippen molar-refractivity contribution in [1.82, 2.24) is 10.3 Å². The lowest BCUT2D eigenvalue weighted by Crippen LogP contribution is -2.27. The largest absolute Gasteiger partial charge is 0.497 e. The maximum Gasteiger partial charge on any atom is 0.238 e. The third kappa shape index (κ3) is 4.32. The normalized spacial score (nSPS) is 10.3. The molecule has 1 amide bonds. The van der Waals surface area contributed by atoms with Crippen molar-refractivity contribution in [3.63, 3.8) is 0 Å². The van der Waals surface area contributed by atoms with Gasteiger partial charge in [-0.1, -0.05) is 6.07 Å². The van der Waals surface area contributed by atoms with Gasteiger partial charge in [-0.05, 0) is 19.1 Å². The number of anilines is 1. The Hall–Kier alpha value is -1.92. The van der Waals surface area contributed by atoms with Crippen molar-refractivity contribution in [1.29, 1.82) is 0 Å². The number of carbonyl (C=O) groups excluding carboxylic acids is 1. The Kier molecular flexibility index (Phi) is 5.09. The smallest absolute Gasteiger partial charge is 0.238 e. The van der Waals surface area contributed by atoms with Gasteiger partial charge < -0.3 is 15.4 Å². The molecule has 1 aromatic carbocycles. The highest BCUT2D eigenvalue weighted by Crippen LogP contribution is 2.16. The monoisotopic (exact) mass is 291 g/mol. The minimum atomic E-state index is -0.0924. The number of rotatable bonds is 6. The average molecular weight is 291 g/mol. The van der Waals surface area contributed by atoms with Crippen molar-refractivity contribution in [2.24, 2.45) is 0 Å². The number of amides is 1. The van der Waals surface area contributed by atoms with Crippen molar-refractivity contribution in [3.05, 3.63) is 40.3 Å². The second kappa shape index (κ2) is 7.02. The third-order valence-electron chi connectivity index (χ3n) is 2.61. The Bertz CT molecular complexity index is 583. The Morgan fingerprint density at radius 3 is 3.00 bits per heavy atom. The molecule has 0 bridgehead atoms. The maximum absolute atomic E-state index is 11.8. The summed E-state index contributed by atoms with van der Waals surface area (Å²) in [4.78, 5) is 16.1. The van der Waals surface area contributed by atoms with Crippen LogP contribution in [0.25, 0.3) is 0 Å². The Morgan fingerprint density at radius 1 is 1.45 bits per heavy atom. The number of nitrogens with one attached hydrogen (secondary N) is 2. The quantitative estimate of drug-likeness (QED) is 0.856. The van der Waals surface area contributed by atoms with E-state index in [0.717, 1.165) is 16.4 Å². The zero-order chi connectivity index (χ0) is 14.4. The second-order valence-corrected chi connectivity index (χ2v) is 5.30. The van der Waals surface area contributed by atoms with E-state index in [-0.39, 0.29) is 12.5 Å². The number of hydrogen-bond donors (Lipinski definition) is 2. The van der Waals surface area contributed by atoms with E-state index >= 15 is 0 Å². The molecule has 0 unspecified atom stereocenters. The summed E-state index contributed by atoms with van der Waals surface area (Å²) in [6.07, 6.45) is 0. The van der Waals surface area contributed by atoms with Gasteiger partial charge in [-0.15, -0.1) is 11.3 Å². The van der Waals surface area contributed by atoms with Gasteiger partial charge in [0.1, 0.15) is 5.75 Å². The molecule has 106 valence electrons. The minimum Gasteiger partial charge on any atom is -0.497 e. The number of nitrogens with zero attached hydrogens (tertiary/aromatic N) is 1. The van der Waals surface area contributed by atoms with E-state index in [1.54, 1.807) is 24.5 Å². The SMILES string of the molecule is COc1cccc(NC(=O)CNCc2csc(C)n2)c1. The summed E-state index contributed by atoms with van der Waals surface area (Å²) < 4.78 is 5.10. The van der Waals surface area contributed by atoms with Crippen LogP contribution in [0.15, 0.2) is 29.6 Å².